The summed E-state index contributed by atoms with van der Waals surface area (Å²) in [4.78, 5) is 25.4. The van der Waals surface area contributed by atoms with Gasteiger partial charge in [-0.15, -0.1) is 0 Å². The van der Waals surface area contributed by atoms with Gasteiger partial charge in [-0.05, 0) is 140 Å². The number of carbonyl (C=O) groups excluding carboxylic acids is 2. The largest absolute Gasteiger partial charge is 0.489 e. The fraction of sp³-hybridized carbons (Fsp3) is 0.500. The van der Waals surface area contributed by atoms with Gasteiger partial charge in [-0.1, -0.05) is 108 Å². The number of benzene rings is 2. The van der Waals surface area contributed by atoms with Crippen molar-refractivity contribution in [2.75, 3.05) is 26.3 Å². The molecule has 2 aromatic carbocycles. The average Bonchev–Trinajstić information content (AvgIpc) is 3.93. The van der Waals surface area contributed by atoms with Gasteiger partial charge in [0.05, 0.1) is 39.4 Å². The molecule has 0 spiro atoms. The highest BCUT2D eigenvalue weighted by Gasteiger charge is 2.47. The summed E-state index contributed by atoms with van der Waals surface area (Å²) in [6.45, 7) is 7.71. The van der Waals surface area contributed by atoms with Gasteiger partial charge in [-0.3, -0.25) is 14.3 Å². The summed E-state index contributed by atoms with van der Waals surface area (Å²) < 4.78 is 19.5. The van der Waals surface area contributed by atoms with Crippen molar-refractivity contribution in [3.63, 3.8) is 0 Å². The number of hydrogen-bond acceptors (Lipinski definition) is 8. The standard InChI is InChI=1S/C56H72Cl3N5O6/c1-4-5-6-7-8-9-10-11-12-13-14-15-16-17-18-19-20-21-22-26-51(65)60-31-33-68-34-32-61-55(66)49-36-50(64(62-49)40(2)3)42-37-56(67,38-42)45-30-29-43(35-48(45)59)69-39-44-53(63-70-54(44)41-27-28-41)52-46(57)24-23-25-47(52)58/h5-6,11-12,17-18,20-21,23-25,29-30,35-36,40-42,67H,4,7-10,13-16,19,22,26-28,31-34,37-39H2,1-3H3,(H,60,65)(H,61,66)/b6-5-,12-11-,18-17-,21-20-. The maximum Gasteiger partial charge on any atom is 0.271 e. The quantitative estimate of drug-likeness (QED) is 0.0334. The Morgan fingerprint density at radius 3 is 2.09 bits per heavy atom. The van der Waals surface area contributed by atoms with Crippen LogP contribution in [-0.2, 0) is 21.7 Å². The Bertz CT molecular complexity index is 2390. The maximum atomic E-state index is 13.2. The Morgan fingerprint density at radius 1 is 0.829 bits per heavy atom. The number of amides is 2. The summed E-state index contributed by atoms with van der Waals surface area (Å²) in [5, 5.41) is 27.9. The number of ether oxygens (including phenoxy) is 2. The van der Waals surface area contributed by atoms with Crippen LogP contribution in [0.15, 0.2) is 95.6 Å². The number of hydrogen-bond donors (Lipinski definition) is 3. The molecule has 0 aliphatic heterocycles. The molecule has 378 valence electrons. The number of nitrogens with one attached hydrogen (secondary N) is 2. The molecule has 0 radical (unpaired) electrons. The molecule has 2 aromatic heterocycles. The second-order valence-corrected chi connectivity index (χ2v) is 19.9. The second-order valence-electron chi connectivity index (χ2n) is 18.7. The van der Waals surface area contributed by atoms with Crippen LogP contribution in [0.3, 0.4) is 0 Å². The van der Waals surface area contributed by atoms with Crippen LogP contribution in [0.25, 0.3) is 11.3 Å². The number of nitrogens with zero attached hydrogens (tertiary/aromatic N) is 3. The van der Waals surface area contributed by atoms with Crippen molar-refractivity contribution in [2.45, 2.75) is 154 Å². The number of rotatable bonds is 31. The predicted molar refractivity (Wildman–Crippen MR) is 282 cm³/mol. The van der Waals surface area contributed by atoms with Crippen molar-refractivity contribution in [1.29, 1.82) is 0 Å². The highest BCUT2D eigenvalue weighted by molar-refractivity contribution is 6.39. The highest BCUT2D eigenvalue weighted by Crippen LogP contribution is 2.53. The smallest absolute Gasteiger partial charge is 0.271 e. The van der Waals surface area contributed by atoms with Gasteiger partial charge in [-0.25, -0.2) is 0 Å². The van der Waals surface area contributed by atoms with E-state index >= 15 is 0 Å². The second kappa shape index (κ2) is 28.4. The van der Waals surface area contributed by atoms with E-state index in [-0.39, 0.29) is 36.3 Å². The van der Waals surface area contributed by atoms with E-state index in [2.05, 4.69) is 76.4 Å². The van der Waals surface area contributed by atoms with Crippen LogP contribution in [0, 0.1) is 0 Å². The van der Waals surface area contributed by atoms with Gasteiger partial charge in [0.25, 0.3) is 5.91 Å². The lowest BCUT2D eigenvalue weighted by molar-refractivity contribution is -0.121. The number of carbonyl (C=O) groups is 2. The molecule has 2 fully saturated rings. The Morgan fingerprint density at radius 2 is 1.46 bits per heavy atom. The fourth-order valence-electron chi connectivity index (χ4n) is 8.66. The van der Waals surface area contributed by atoms with E-state index in [0.717, 1.165) is 55.5 Å². The third kappa shape index (κ3) is 16.5. The number of aliphatic hydroxyl groups is 1. The molecule has 70 heavy (non-hydrogen) atoms. The normalized spacial score (nSPS) is 17.2. The van der Waals surface area contributed by atoms with Crippen molar-refractivity contribution in [3.8, 4) is 17.0 Å². The van der Waals surface area contributed by atoms with Crippen LogP contribution in [-0.4, -0.2) is 58.2 Å². The molecule has 2 aliphatic carbocycles. The van der Waals surface area contributed by atoms with Gasteiger partial charge >= 0.3 is 0 Å². The van der Waals surface area contributed by atoms with Crippen molar-refractivity contribution in [3.05, 3.63) is 134 Å². The van der Waals surface area contributed by atoms with E-state index < -0.39 is 5.60 Å². The third-order valence-electron chi connectivity index (χ3n) is 12.7. The molecule has 0 saturated heterocycles. The monoisotopic (exact) mass is 1020 g/mol. The molecule has 2 saturated carbocycles. The molecule has 2 amide bonds. The lowest BCUT2D eigenvalue weighted by Crippen LogP contribution is -2.41. The minimum absolute atomic E-state index is 0.00166. The summed E-state index contributed by atoms with van der Waals surface area (Å²) in [7, 11) is 0. The summed E-state index contributed by atoms with van der Waals surface area (Å²) >= 11 is 19.9. The minimum atomic E-state index is -1.16. The molecule has 11 nitrogen and oxygen atoms in total. The molecule has 3 N–H and O–H groups in total. The minimum Gasteiger partial charge on any atom is -0.489 e. The molecule has 2 aliphatic rings. The van der Waals surface area contributed by atoms with E-state index in [4.69, 9.17) is 48.8 Å². The van der Waals surface area contributed by atoms with Gasteiger partial charge in [0.15, 0.2) is 0 Å². The molecule has 0 bridgehead atoms. The van der Waals surface area contributed by atoms with Gasteiger partial charge in [0.2, 0.25) is 5.91 Å². The molecule has 2 heterocycles. The van der Waals surface area contributed by atoms with Crippen molar-refractivity contribution in [2.24, 2.45) is 0 Å². The average molecular weight is 1020 g/mol. The van der Waals surface area contributed by atoms with E-state index in [9.17, 15) is 14.7 Å². The number of aromatic nitrogens is 3. The van der Waals surface area contributed by atoms with E-state index in [0.29, 0.717) is 95.3 Å². The topological polar surface area (TPSA) is 141 Å². The maximum absolute atomic E-state index is 13.2. The van der Waals surface area contributed by atoms with E-state index in [1.807, 2.05) is 24.6 Å². The first kappa shape index (κ1) is 54.7. The van der Waals surface area contributed by atoms with Crippen molar-refractivity contribution in [1.82, 2.24) is 25.6 Å². The SMILES string of the molecule is CC/C=C\CCCC/C=C\CCCC/C=C\C/C=C\CCC(=O)NCCOCCNC(=O)c1cc(C2CC(O)(c3ccc(OCc4c(-c5c(Cl)cccc5Cl)noc4C4CC4)cc3Cl)C2)n(C(C)C)n1. The summed E-state index contributed by atoms with van der Waals surface area (Å²) in [6.07, 6.45) is 33.5. The predicted octanol–water partition coefficient (Wildman–Crippen LogP) is 14.1. The Kier molecular flexibility index (Phi) is 22.2. The zero-order valence-electron chi connectivity index (χ0n) is 41.2. The molecule has 0 unspecified atom stereocenters. The summed E-state index contributed by atoms with van der Waals surface area (Å²) in [6, 6.07) is 12.5. The summed E-state index contributed by atoms with van der Waals surface area (Å²) in [5.74, 6) is 1.23. The van der Waals surface area contributed by atoms with Gasteiger partial charge in [0, 0.05) is 54.2 Å². The van der Waals surface area contributed by atoms with Crippen molar-refractivity contribution >= 4 is 46.6 Å². The van der Waals surface area contributed by atoms with Crippen LogP contribution in [0.1, 0.15) is 174 Å². The third-order valence-corrected chi connectivity index (χ3v) is 13.6. The van der Waals surface area contributed by atoms with Crippen LogP contribution < -0.4 is 15.4 Å². The lowest BCUT2D eigenvalue weighted by atomic mass is 9.66. The Labute approximate surface area is 430 Å². The van der Waals surface area contributed by atoms with Crippen LogP contribution >= 0.6 is 34.8 Å². The first-order chi connectivity index (χ1) is 34.0. The van der Waals surface area contributed by atoms with Gasteiger partial charge < -0.3 is 29.7 Å². The Hall–Kier alpha value is -4.65. The first-order valence-corrected chi connectivity index (χ1v) is 26.5. The molecule has 14 heteroatoms. The number of allylic oxidation sites excluding steroid dienone is 8. The van der Waals surface area contributed by atoms with Crippen LogP contribution in [0.2, 0.25) is 15.1 Å². The lowest BCUT2D eigenvalue weighted by Gasteiger charge is -2.44. The van der Waals surface area contributed by atoms with E-state index in [1.165, 1.54) is 38.5 Å². The Balaban J connectivity index is 0.840. The van der Waals surface area contributed by atoms with Crippen molar-refractivity contribution < 1.29 is 28.7 Å². The zero-order chi connectivity index (χ0) is 49.7. The first-order valence-electron chi connectivity index (χ1n) is 25.4. The zero-order valence-corrected chi connectivity index (χ0v) is 43.5. The van der Waals surface area contributed by atoms with Gasteiger partial charge in [-0.2, -0.15) is 5.10 Å². The highest BCUT2D eigenvalue weighted by atomic mass is 35.5. The van der Waals surface area contributed by atoms with Crippen LogP contribution in [0.4, 0.5) is 0 Å². The fourth-order valence-corrected chi connectivity index (χ4v) is 9.58. The summed E-state index contributed by atoms with van der Waals surface area (Å²) in [5.41, 5.74) is 2.60. The molecule has 6 rings (SSSR count). The molecular weight excluding hydrogens is 945 g/mol. The number of halogens is 3. The van der Waals surface area contributed by atoms with E-state index in [1.54, 1.807) is 36.4 Å². The molecule has 4 aromatic rings. The number of unbranched alkanes of at least 4 members (excludes halogenated alkanes) is 6. The van der Waals surface area contributed by atoms with Crippen LogP contribution in [0.5, 0.6) is 5.75 Å². The molecular formula is C56H72Cl3N5O6. The van der Waals surface area contributed by atoms with Gasteiger partial charge in [0.1, 0.15) is 29.5 Å². The molecule has 0 atom stereocenters.